The summed E-state index contributed by atoms with van der Waals surface area (Å²) in [5.41, 5.74) is 3.16. The molecule has 1 aliphatic carbocycles. The average molecular weight is 475 g/mol. The first kappa shape index (κ1) is 22.0. The summed E-state index contributed by atoms with van der Waals surface area (Å²) in [6.45, 7) is 6.77. The monoisotopic (exact) mass is 474 g/mol. The molecule has 0 bridgehead atoms. The molecule has 2 fully saturated rings. The highest BCUT2D eigenvalue weighted by Gasteiger charge is 2.30. The van der Waals surface area contributed by atoms with Gasteiger partial charge in [0.25, 0.3) is 5.56 Å². The van der Waals surface area contributed by atoms with Crippen molar-refractivity contribution in [2.24, 2.45) is 0 Å². The van der Waals surface area contributed by atoms with Crippen LogP contribution in [0.25, 0.3) is 11.0 Å². The molecule has 0 amide bonds. The number of piperazine rings is 1. The summed E-state index contributed by atoms with van der Waals surface area (Å²) < 4.78 is 7.79. The molecule has 1 unspecified atom stereocenters. The van der Waals surface area contributed by atoms with Gasteiger partial charge in [-0.2, -0.15) is 4.98 Å². The van der Waals surface area contributed by atoms with E-state index in [0.29, 0.717) is 29.8 Å². The third kappa shape index (κ3) is 3.74. The van der Waals surface area contributed by atoms with Crippen molar-refractivity contribution >= 4 is 34.1 Å². The van der Waals surface area contributed by atoms with Crippen LogP contribution in [-0.4, -0.2) is 52.6 Å². The molecule has 0 spiro atoms. The number of hydrogen-bond donors (Lipinski definition) is 2. The van der Waals surface area contributed by atoms with Gasteiger partial charge in [0, 0.05) is 49.0 Å². The van der Waals surface area contributed by atoms with E-state index in [-0.39, 0.29) is 22.9 Å². The van der Waals surface area contributed by atoms with E-state index in [2.05, 4.69) is 26.6 Å². The molecule has 1 aromatic carbocycles. The Bertz CT molecular complexity index is 1380. The first-order valence-corrected chi connectivity index (χ1v) is 12.5. The van der Waals surface area contributed by atoms with E-state index in [9.17, 15) is 9.59 Å². The maximum atomic E-state index is 13.4. The Kier molecular flexibility index (Phi) is 5.44. The number of ketones is 1. The zero-order valence-electron chi connectivity index (χ0n) is 20.1. The number of fused-ring (bicyclic) bond motifs is 4. The third-order valence-electron chi connectivity index (χ3n) is 7.56. The van der Waals surface area contributed by atoms with Crippen molar-refractivity contribution < 1.29 is 9.53 Å². The molecule has 1 saturated carbocycles. The van der Waals surface area contributed by atoms with Crippen molar-refractivity contribution in [2.75, 3.05) is 36.5 Å². The zero-order valence-corrected chi connectivity index (χ0v) is 20.1. The van der Waals surface area contributed by atoms with Gasteiger partial charge in [-0.15, -0.1) is 0 Å². The van der Waals surface area contributed by atoms with Crippen LogP contribution in [0.4, 0.5) is 17.3 Å². The number of nitrogens with one attached hydrogen (secondary N) is 2. The third-order valence-corrected chi connectivity index (χ3v) is 7.56. The van der Waals surface area contributed by atoms with Crippen LogP contribution in [0.15, 0.2) is 29.2 Å². The lowest BCUT2D eigenvalue weighted by Crippen LogP contribution is -2.55. The normalized spacial score (nSPS) is 19.8. The smallest absolute Gasteiger partial charge is 0.263 e. The predicted molar refractivity (Wildman–Crippen MR) is 135 cm³/mol. The molecule has 2 aliphatic heterocycles. The highest BCUT2D eigenvalue weighted by atomic mass is 16.5. The standard InChI is InChI=1S/C26H30N6O3/c1-15-20-13-28-26(30-24(20)32(18-5-3-4-6-18)25(34)23(15)16(2)33)29-17-7-8-21-22(11-17)35-14-19-12-27-9-10-31(19)21/h7-8,11,13,18-19,27H,3-6,9-10,12,14H2,1-2H3,(H,28,29,30). The molecular formula is C26H30N6O3. The largest absolute Gasteiger partial charge is 0.489 e. The Morgan fingerprint density at radius 2 is 2.06 bits per heavy atom. The topological polar surface area (TPSA) is 101 Å². The number of hydrogen-bond acceptors (Lipinski definition) is 8. The van der Waals surface area contributed by atoms with Crippen molar-refractivity contribution in [2.45, 2.75) is 51.6 Å². The maximum Gasteiger partial charge on any atom is 0.263 e. The Balaban J connectivity index is 1.39. The van der Waals surface area contributed by atoms with Crippen LogP contribution in [0.1, 0.15) is 54.6 Å². The summed E-state index contributed by atoms with van der Waals surface area (Å²) in [4.78, 5) is 37.5. The number of benzene rings is 1. The van der Waals surface area contributed by atoms with E-state index in [1.807, 2.05) is 12.1 Å². The Morgan fingerprint density at radius 3 is 2.86 bits per heavy atom. The van der Waals surface area contributed by atoms with Gasteiger partial charge >= 0.3 is 0 Å². The van der Waals surface area contributed by atoms with Gasteiger partial charge in [0.05, 0.1) is 17.3 Å². The lowest BCUT2D eigenvalue weighted by molar-refractivity contribution is 0.101. The summed E-state index contributed by atoms with van der Waals surface area (Å²) in [7, 11) is 0. The molecule has 9 nitrogen and oxygen atoms in total. The number of aryl methyl sites for hydroxylation is 1. The lowest BCUT2D eigenvalue weighted by Gasteiger charge is -2.42. The summed E-state index contributed by atoms with van der Waals surface area (Å²) in [5, 5.41) is 7.46. The minimum absolute atomic E-state index is 0.0515. The molecule has 0 radical (unpaired) electrons. The van der Waals surface area contributed by atoms with Crippen molar-refractivity contribution in [1.82, 2.24) is 19.9 Å². The minimum Gasteiger partial charge on any atom is -0.489 e. The number of nitrogens with zero attached hydrogens (tertiary/aromatic N) is 4. The van der Waals surface area contributed by atoms with Gasteiger partial charge in [-0.25, -0.2) is 4.98 Å². The molecule has 4 heterocycles. The quantitative estimate of drug-likeness (QED) is 0.556. The summed E-state index contributed by atoms with van der Waals surface area (Å²) in [6, 6.07) is 6.47. The van der Waals surface area contributed by atoms with Crippen LogP contribution in [-0.2, 0) is 0 Å². The van der Waals surface area contributed by atoms with Gasteiger partial charge in [0.15, 0.2) is 5.78 Å². The van der Waals surface area contributed by atoms with Gasteiger partial charge in [-0.1, -0.05) is 12.8 Å². The van der Waals surface area contributed by atoms with E-state index in [1.54, 1.807) is 17.7 Å². The van der Waals surface area contributed by atoms with Crippen LogP contribution in [0.2, 0.25) is 0 Å². The number of anilines is 3. The lowest BCUT2D eigenvalue weighted by atomic mass is 10.0. The highest BCUT2D eigenvalue weighted by molar-refractivity contribution is 5.99. The fourth-order valence-electron chi connectivity index (χ4n) is 5.80. The van der Waals surface area contributed by atoms with Crippen LogP contribution in [0.3, 0.4) is 0 Å². The van der Waals surface area contributed by atoms with E-state index >= 15 is 0 Å². The highest BCUT2D eigenvalue weighted by Crippen LogP contribution is 2.37. The first-order valence-electron chi connectivity index (χ1n) is 12.5. The van der Waals surface area contributed by atoms with Gasteiger partial charge in [-0.3, -0.25) is 14.2 Å². The second kappa shape index (κ2) is 8.64. The second-order valence-electron chi connectivity index (χ2n) is 9.77. The number of pyridine rings is 1. The minimum atomic E-state index is -0.244. The Labute approximate surface area is 203 Å². The maximum absolute atomic E-state index is 13.4. The summed E-state index contributed by atoms with van der Waals surface area (Å²) in [6.07, 6.45) is 5.69. The van der Waals surface area contributed by atoms with Crippen LogP contribution < -0.4 is 25.8 Å². The molecule has 182 valence electrons. The van der Waals surface area contributed by atoms with E-state index in [4.69, 9.17) is 9.72 Å². The van der Waals surface area contributed by atoms with Crippen molar-refractivity contribution in [3.8, 4) is 5.75 Å². The molecule has 2 aromatic heterocycles. The van der Waals surface area contributed by atoms with Gasteiger partial charge < -0.3 is 20.3 Å². The van der Waals surface area contributed by atoms with Crippen molar-refractivity contribution in [3.05, 3.63) is 45.9 Å². The average Bonchev–Trinajstić information content (AvgIpc) is 3.38. The summed E-state index contributed by atoms with van der Waals surface area (Å²) in [5.74, 6) is 1.04. The molecule has 35 heavy (non-hydrogen) atoms. The predicted octanol–water partition coefficient (Wildman–Crippen LogP) is 3.33. The second-order valence-corrected chi connectivity index (χ2v) is 9.77. The number of rotatable bonds is 4. The number of carbonyl (C=O) groups is 1. The van der Waals surface area contributed by atoms with Crippen LogP contribution in [0, 0.1) is 6.92 Å². The van der Waals surface area contributed by atoms with Crippen LogP contribution in [0.5, 0.6) is 5.75 Å². The first-order chi connectivity index (χ1) is 17.0. The summed E-state index contributed by atoms with van der Waals surface area (Å²) >= 11 is 0. The molecule has 6 rings (SSSR count). The molecule has 3 aliphatic rings. The molecule has 3 aromatic rings. The van der Waals surface area contributed by atoms with Gasteiger partial charge in [0.2, 0.25) is 5.95 Å². The van der Waals surface area contributed by atoms with Crippen molar-refractivity contribution in [1.29, 1.82) is 0 Å². The number of Topliss-reactive ketones (excluding diaryl/α,β-unsaturated/α-hetero) is 1. The molecule has 1 saturated heterocycles. The van der Waals surface area contributed by atoms with Gasteiger partial charge in [-0.05, 0) is 44.4 Å². The van der Waals surface area contributed by atoms with E-state index in [1.165, 1.54) is 6.92 Å². The van der Waals surface area contributed by atoms with Crippen LogP contribution >= 0.6 is 0 Å². The Morgan fingerprint density at radius 1 is 1.23 bits per heavy atom. The molecule has 9 heteroatoms. The number of aromatic nitrogens is 3. The zero-order chi connectivity index (χ0) is 24.1. The molecule has 1 atom stereocenters. The van der Waals surface area contributed by atoms with E-state index in [0.717, 1.165) is 67.8 Å². The fraction of sp³-hybridized carbons (Fsp3) is 0.462. The Hall–Kier alpha value is -3.46. The number of carbonyl (C=O) groups excluding carboxylic acids is 1. The fourth-order valence-corrected chi connectivity index (χ4v) is 5.80. The number of ether oxygens (including phenoxy) is 1. The SMILES string of the molecule is CC(=O)c1c(C)c2cnc(Nc3ccc4c(c3)OCC3CNCCN43)nc2n(C2CCCC2)c1=O. The van der Waals surface area contributed by atoms with Gasteiger partial charge in [0.1, 0.15) is 18.0 Å². The van der Waals surface area contributed by atoms with E-state index < -0.39 is 0 Å². The molecule has 2 N–H and O–H groups in total. The molecular weight excluding hydrogens is 444 g/mol. The van der Waals surface area contributed by atoms with Crippen molar-refractivity contribution in [3.63, 3.8) is 0 Å².